The molecule has 2 amide bonds. The van der Waals surface area contributed by atoms with E-state index in [2.05, 4.69) is 10.6 Å². The first-order valence-electron chi connectivity index (χ1n) is 13.2. The summed E-state index contributed by atoms with van der Waals surface area (Å²) in [7, 11) is 0. The van der Waals surface area contributed by atoms with Crippen molar-refractivity contribution in [3.63, 3.8) is 0 Å². The van der Waals surface area contributed by atoms with Crippen LogP contribution in [-0.2, 0) is 19.1 Å². The minimum absolute atomic E-state index is 0.0214. The van der Waals surface area contributed by atoms with Gasteiger partial charge in [-0.2, -0.15) is 0 Å². The number of aliphatic hydroxyl groups is 1. The Balaban J connectivity index is 1.82. The fourth-order valence-electron chi connectivity index (χ4n) is 4.50. The van der Waals surface area contributed by atoms with Crippen molar-refractivity contribution in [2.45, 2.75) is 43.1 Å². The van der Waals surface area contributed by atoms with Gasteiger partial charge in [0.1, 0.15) is 12.1 Å². The van der Waals surface area contributed by atoms with Gasteiger partial charge in [0.25, 0.3) is 0 Å². The van der Waals surface area contributed by atoms with Crippen LogP contribution >= 0.6 is 11.8 Å². The van der Waals surface area contributed by atoms with E-state index in [-0.39, 0.29) is 18.1 Å². The molecule has 3 atom stereocenters. The molecule has 0 spiro atoms. The van der Waals surface area contributed by atoms with Crippen molar-refractivity contribution in [2.24, 2.45) is 11.7 Å². The Kier molecular flexibility index (Phi) is 11.3. The summed E-state index contributed by atoms with van der Waals surface area (Å²) in [5.74, 6) is -2.38. The van der Waals surface area contributed by atoms with E-state index in [1.54, 1.807) is 0 Å². The van der Waals surface area contributed by atoms with Gasteiger partial charge in [-0.3, -0.25) is 9.59 Å². The van der Waals surface area contributed by atoms with Crippen LogP contribution in [0.1, 0.15) is 37.0 Å². The van der Waals surface area contributed by atoms with E-state index < -0.39 is 47.3 Å². The number of thioether (sulfide) groups is 1. The number of amides is 2. The summed E-state index contributed by atoms with van der Waals surface area (Å²) >= 11 is 1.50. The highest BCUT2D eigenvalue weighted by atomic mass is 32.2. The van der Waals surface area contributed by atoms with Gasteiger partial charge in [0.05, 0.1) is 17.4 Å². The number of carbonyl (C=O) groups is 3. The first-order valence-corrected chi connectivity index (χ1v) is 14.2. The molecule has 8 nitrogen and oxygen atoms in total. The Labute approximate surface area is 239 Å². The fraction of sp³-hybridized carbons (Fsp3) is 0.323. The largest absolute Gasteiger partial charge is 0.480 e. The zero-order chi connectivity index (χ0) is 29.1. The van der Waals surface area contributed by atoms with Crippen molar-refractivity contribution >= 4 is 29.5 Å². The molecule has 0 aliphatic heterocycles. The predicted molar refractivity (Wildman–Crippen MR) is 158 cm³/mol. The zero-order valence-corrected chi connectivity index (χ0v) is 23.5. The molecule has 3 aromatic carbocycles. The fourth-order valence-corrected chi connectivity index (χ4v) is 5.99. The minimum atomic E-state index is -1.33. The smallest absolute Gasteiger partial charge is 0.326 e. The summed E-state index contributed by atoms with van der Waals surface area (Å²) in [5.41, 5.74) is 9.39. The molecule has 0 aliphatic carbocycles. The third-order valence-corrected chi connectivity index (χ3v) is 8.16. The number of aliphatic hydroxyl groups excluding tert-OH is 1. The second-order valence-corrected chi connectivity index (χ2v) is 11.2. The second kappa shape index (κ2) is 14.6. The van der Waals surface area contributed by atoms with Crippen LogP contribution in [0.3, 0.4) is 0 Å². The topological polar surface area (TPSA) is 142 Å². The zero-order valence-electron chi connectivity index (χ0n) is 22.7. The molecule has 3 rings (SSSR count). The SMILES string of the molecule is CC(C)C[C@H](NC(=O)[C@H](CO)NC(=O)[C@@H](N)CSC(c1ccccc1)(c1ccccc1)c1ccccc1)C(=O)O. The van der Waals surface area contributed by atoms with E-state index in [1.165, 1.54) is 11.8 Å². The van der Waals surface area contributed by atoms with Crippen LogP contribution in [0.2, 0.25) is 0 Å². The quantitative estimate of drug-likeness (QED) is 0.190. The number of carboxylic acid groups (broad SMARTS) is 1. The van der Waals surface area contributed by atoms with Gasteiger partial charge in [-0.25, -0.2) is 4.79 Å². The van der Waals surface area contributed by atoms with Gasteiger partial charge in [-0.05, 0) is 29.0 Å². The van der Waals surface area contributed by atoms with Crippen molar-refractivity contribution < 1.29 is 24.6 Å². The second-order valence-electron chi connectivity index (χ2n) is 9.97. The summed E-state index contributed by atoms with van der Waals surface area (Å²) < 4.78 is -0.680. The molecule has 0 bridgehead atoms. The number of nitrogens with two attached hydrogens (primary N) is 1. The lowest BCUT2D eigenvalue weighted by Crippen LogP contribution is -2.56. The maximum atomic E-state index is 13.1. The number of carbonyl (C=O) groups excluding carboxylic acids is 2. The number of benzene rings is 3. The maximum absolute atomic E-state index is 13.1. The lowest BCUT2D eigenvalue weighted by atomic mass is 9.84. The third-order valence-electron chi connectivity index (χ3n) is 6.49. The van der Waals surface area contributed by atoms with E-state index in [0.29, 0.717) is 0 Å². The van der Waals surface area contributed by atoms with E-state index in [1.807, 2.05) is 105 Å². The molecule has 212 valence electrons. The van der Waals surface area contributed by atoms with Crippen LogP contribution in [0.4, 0.5) is 0 Å². The summed E-state index contributed by atoms with van der Waals surface area (Å²) in [5, 5.41) is 24.1. The lowest BCUT2D eigenvalue weighted by molar-refractivity contribution is -0.143. The van der Waals surface area contributed by atoms with Gasteiger partial charge in [-0.1, -0.05) is 105 Å². The number of hydrogen-bond acceptors (Lipinski definition) is 6. The number of carboxylic acids is 1. The molecule has 0 saturated carbocycles. The molecule has 0 aliphatic rings. The van der Waals surface area contributed by atoms with Crippen molar-refractivity contribution in [1.82, 2.24) is 10.6 Å². The Hall–Kier alpha value is -3.66. The number of rotatable bonds is 14. The minimum Gasteiger partial charge on any atom is -0.480 e. The van der Waals surface area contributed by atoms with Gasteiger partial charge in [0.2, 0.25) is 11.8 Å². The van der Waals surface area contributed by atoms with Crippen molar-refractivity contribution in [1.29, 1.82) is 0 Å². The molecule has 0 saturated heterocycles. The average molecular weight is 564 g/mol. The van der Waals surface area contributed by atoms with Crippen molar-refractivity contribution in [3.8, 4) is 0 Å². The highest BCUT2D eigenvalue weighted by Gasteiger charge is 2.38. The van der Waals surface area contributed by atoms with Gasteiger partial charge in [-0.15, -0.1) is 11.8 Å². The standard InChI is InChI=1S/C31H37N3O5S/c1-21(2)18-26(30(38)39)33-29(37)27(19-35)34-28(36)25(32)20-40-31(22-12-6-3-7-13-22,23-14-8-4-9-15-23)24-16-10-5-11-17-24/h3-17,21,25-27,35H,18-20,32H2,1-2H3,(H,33,37)(H,34,36)(H,38,39)/t25-,26-,27-/m0/s1. The molecule has 3 aromatic rings. The molecule has 0 unspecified atom stereocenters. The maximum Gasteiger partial charge on any atom is 0.326 e. The van der Waals surface area contributed by atoms with Gasteiger partial charge in [0, 0.05) is 5.75 Å². The summed E-state index contributed by atoms with van der Waals surface area (Å²) in [6, 6.07) is 26.4. The predicted octanol–water partition coefficient (Wildman–Crippen LogP) is 3.13. The van der Waals surface area contributed by atoms with Crippen LogP contribution in [0.25, 0.3) is 0 Å². The molecule has 0 aromatic heterocycles. The molecule has 0 radical (unpaired) electrons. The van der Waals surface area contributed by atoms with Crippen LogP contribution in [0.5, 0.6) is 0 Å². The number of nitrogens with one attached hydrogen (secondary N) is 2. The summed E-state index contributed by atoms with van der Waals surface area (Å²) in [6.45, 7) is 2.97. The van der Waals surface area contributed by atoms with Gasteiger partial charge >= 0.3 is 5.97 Å². The Morgan fingerprint density at radius 1 is 0.775 bits per heavy atom. The molecular weight excluding hydrogens is 526 g/mol. The van der Waals surface area contributed by atoms with Gasteiger partial charge in [0.15, 0.2) is 0 Å². The summed E-state index contributed by atoms with van der Waals surface area (Å²) in [4.78, 5) is 37.3. The van der Waals surface area contributed by atoms with Gasteiger partial charge < -0.3 is 26.6 Å². The highest BCUT2D eigenvalue weighted by molar-refractivity contribution is 8.00. The van der Waals surface area contributed by atoms with E-state index in [4.69, 9.17) is 5.73 Å². The number of hydrogen-bond donors (Lipinski definition) is 5. The monoisotopic (exact) mass is 563 g/mol. The van der Waals surface area contributed by atoms with E-state index >= 15 is 0 Å². The molecule has 0 heterocycles. The summed E-state index contributed by atoms with van der Waals surface area (Å²) in [6.07, 6.45) is 0.212. The van der Waals surface area contributed by atoms with Crippen LogP contribution in [0, 0.1) is 5.92 Å². The highest BCUT2D eigenvalue weighted by Crippen LogP contribution is 2.48. The first kappa shape index (κ1) is 30.9. The van der Waals surface area contributed by atoms with Crippen LogP contribution < -0.4 is 16.4 Å². The average Bonchev–Trinajstić information content (AvgIpc) is 2.97. The Morgan fingerprint density at radius 2 is 1.20 bits per heavy atom. The van der Waals surface area contributed by atoms with E-state index in [0.717, 1.165) is 16.7 Å². The third kappa shape index (κ3) is 7.71. The van der Waals surface area contributed by atoms with Crippen LogP contribution in [0.15, 0.2) is 91.0 Å². The lowest BCUT2D eigenvalue weighted by Gasteiger charge is -2.36. The molecule has 0 fully saturated rings. The molecule has 9 heteroatoms. The van der Waals surface area contributed by atoms with E-state index in [9.17, 15) is 24.6 Å². The molecule has 40 heavy (non-hydrogen) atoms. The Bertz CT molecular complexity index is 1140. The Morgan fingerprint density at radius 3 is 1.57 bits per heavy atom. The number of aliphatic carboxylic acids is 1. The molecule has 6 N–H and O–H groups in total. The normalized spacial score (nSPS) is 13.7. The van der Waals surface area contributed by atoms with Crippen LogP contribution in [-0.4, -0.2) is 58.5 Å². The molecular formula is C31H37N3O5S. The first-order chi connectivity index (χ1) is 19.2. The van der Waals surface area contributed by atoms with Crippen molar-refractivity contribution in [2.75, 3.05) is 12.4 Å². The van der Waals surface area contributed by atoms with Crippen molar-refractivity contribution in [3.05, 3.63) is 108 Å².